The third kappa shape index (κ3) is 2.59. The Balaban J connectivity index is 2.39. The van der Waals surface area contributed by atoms with Gasteiger partial charge < -0.3 is 11.1 Å². The van der Waals surface area contributed by atoms with Crippen LogP contribution in [0.4, 0.5) is 15.2 Å². The maximum Gasteiger partial charge on any atom is 0.187 e. The quantitative estimate of drug-likeness (QED) is 0.839. The van der Waals surface area contributed by atoms with E-state index in [-0.39, 0.29) is 10.6 Å². The first-order chi connectivity index (χ1) is 8.08. The number of anilines is 2. The maximum atomic E-state index is 13.6. The van der Waals surface area contributed by atoms with Crippen LogP contribution in [-0.4, -0.2) is 9.97 Å². The molecule has 3 N–H and O–H groups in total. The summed E-state index contributed by atoms with van der Waals surface area (Å²) in [6.07, 6.45) is 1.74. The molecule has 2 rings (SSSR count). The third-order valence-corrected chi connectivity index (χ3v) is 3.16. The van der Waals surface area contributed by atoms with Crippen molar-refractivity contribution in [3.63, 3.8) is 0 Å². The molecule has 0 saturated carbocycles. The summed E-state index contributed by atoms with van der Waals surface area (Å²) in [7, 11) is 0. The van der Waals surface area contributed by atoms with Gasteiger partial charge in [0.05, 0.1) is 11.3 Å². The van der Waals surface area contributed by atoms with Crippen LogP contribution < -0.4 is 11.1 Å². The Bertz CT molecular complexity index is 566. The van der Waals surface area contributed by atoms with Crippen molar-refractivity contribution < 1.29 is 4.39 Å². The van der Waals surface area contributed by atoms with Crippen LogP contribution >= 0.6 is 23.6 Å². The average Bonchev–Trinajstić information content (AvgIpc) is 2.63. The van der Waals surface area contributed by atoms with E-state index in [0.717, 1.165) is 4.88 Å². The van der Waals surface area contributed by atoms with Crippen LogP contribution in [0.1, 0.15) is 10.4 Å². The van der Waals surface area contributed by atoms with Crippen molar-refractivity contribution in [1.82, 2.24) is 4.98 Å². The van der Waals surface area contributed by atoms with E-state index in [1.165, 1.54) is 17.4 Å². The zero-order valence-electron chi connectivity index (χ0n) is 9.03. The second kappa shape index (κ2) is 4.77. The first kappa shape index (κ1) is 11.9. The number of halogens is 1. The number of thiocarbonyl (C=S) groups is 1. The molecule has 0 bridgehead atoms. The predicted octanol–water partition coefficient (Wildman–Crippen LogP) is 2.97. The third-order valence-electron chi connectivity index (χ3n) is 2.12. The predicted molar refractivity (Wildman–Crippen MR) is 72.4 cm³/mol. The van der Waals surface area contributed by atoms with Crippen molar-refractivity contribution in [1.29, 1.82) is 0 Å². The molecule has 0 atom stereocenters. The molecule has 17 heavy (non-hydrogen) atoms. The molecule has 1 heterocycles. The standard InChI is InChI=1S/C11H10FN3S2/c1-6-5-14-11(17-6)15-8-4-2-3-7(12)9(8)10(13)16/h2-5H,1H3,(H2,13,16)(H,14,15). The van der Waals surface area contributed by atoms with Crippen molar-refractivity contribution in [2.45, 2.75) is 6.92 Å². The number of hydrogen-bond donors (Lipinski definition) is 2. The monoisotopic (exact) mass is 267 g/mol. The number of benzene rings is 1. The Kier molecular flexibility index (Phi) is 3.35. The van der Waals surface area contributed by atoms with Gasteiger partial charge in [-0.05, 0) is 19.1 Å². The number of nitrogens with two attached hydrogens (primary N) is 1. The molecule has 0 spiro atoms. The number of nitrogens with zero attached hydrogens (tertiary/aromatic N) is 1. The fraction of sp³-hybridized carbons (Fsp3) is 0.0909. The molecule has 0 saturated heterocycles. The van der Waals surface area contributed by atoms with E-state index >= 15 is 0 Å². The minimum Gasteiger partial charge on any atom is -0.389 e. The van der Waals surface area contributed by atoms with E-state index in [0.29, 0.717) is 10.8 Å². The molecule has 0 fully saturated rings. The van der Waals surface area contributed by atoms with Gasteiger partial charge in [-0.15, -0.1) is 11.3 Å². The van der Waals surface area contributed by atoms with E-state index < -0.39 is 5.82 Å². The Labute approximate surface area is 107 Å². The number of aromatic nitrogens is 1. The van der Waals surface area contributed by atoms with E-state index in [9.17, 15) is 4.39 Å². The Morgan fingerprint density at radius 1 is 1.53 bits per heavy atom. The van der Waals surface area contributed by atoms with Crippen molar-refractivity contribution >= 4 is 39.4 Å². The lowest BCUT2D eigenvalue weighted by atomic mass is 10.1. The number of nitrogens with one attached hydrogen (secondary N) is 1. The van der Waals surface area contributed by atoms with E-state index in [2.05, 4.69) is 10.3 Å². The van der Waals surface area contributed by atoms with Crippen LogP contribution in [0.2, 0.25) is 0 Å². The number of aryl methyl sites for hydroxylation is 1. The molecule has 3 nitrogen and oxygen atoms in total. The SMILES string of the molecule is Cc1cnc(Nc2cccc(F)c2C(N)=S)s1. The summed E-state index contributed by atoms with van der Waals surface area (Å²) >= 11 is 6.32. The average molecular weight is 267 g/mol. The first-order valence-corrected chi connectivity index (χ1v) is 6.08. The van der Waals surface area contributed by atoms with Gasteiger partial charge >= 0.3 is 0 Å². The molecule has 2 aromatic rings. The number of hydrogen-bond acceptors (Lipinski definition) is 4. The summed E-state index contributed by atoms with van der Waals surface area (Å²) in [4.78, 5) is 5.24. The summed E-state index contributed by atoms with van der Waals surface area (Å²) in [5.74, 6) is -0.434. The van der Waals surface area contributed by atoms with Gasteiger partial charge in [-0.25, -0.2) is 9.37 Å². The van der Waals surface area contributed by atoms with Crippen LogP contribution in [0.3, 0.4) is 0 Å². The van der Waals surface area contributed by atoms with Crippen molar-refractivity contribution in [3.8, 4) is 0 Å². The van der Waals surface area contributed by atoms with Gasteiger partial charge in [-0.3, -0.25) is 0 Å². The largest absolute Gasteiger partial charge is 0.389 e. The molecule has 0 aliphatic heterocycles. The van der Waals surface area contributed by atoms with Crippen LogP contribution in [0.25, 0.3) is 0 Å². The van der Waals surface area contributed by atoms with Gasteiger partial charge in [0.2, 0.25) is 0 Å². The zero-order valence-corrected chi connectivity index (χ0v) is 10.7. The summed E-state index contributed by atoms with van der Waals surface area (Å²) in [5, 5.41) is 3.70. The minimum atomic E-state index is -0.434. The van der Waals surface area contributed by atoms with Crippen molar-refractivity contribution in [2.24, 2.45) is 5.73 Å². The minimum absolute atomic E-state index is 0.0267. The Morgan fingerprint density at radius 2 is 2.29 bits per heavy atom. The molecule has 0 unspecified atom stereocenters. The second-order valence-corrected chi connectivity index (χ2v) is 5.10. The molecule has 88 valence electrons. The fourth-order valence-electron chi connectivity index (χ4n) is 1.41. The summed E-state index contributed by atoms with van der Waals surface area (Å²) in [5.41, 5.74) is 6.26. The molecule has 0 radical (unpaired) electrons. The molecule has 1 aromatic carbocycles. The van der Waals surface area contributed by atoms with Crippen LogP contribution in [0.5, 0.6) is 0 Å². The highest BCUT2D eigenvalue weighted by Gasteiger charge is 2.12. The van der Waals surface area contributed by atoms with Crippen LogP contribution in [-0.2, 0) is 0 Å². The van der Waals surface area contributed by atoms with Gasteiger partial charge in [-0.2, -0.15) is 0 Å². The number of rotatable bonds is 3. The smallest absolute Gasteiger partial charge is 0.187 e. The van der Waals surface area contributed by atoms with Gasteiger partial charge in [0, 0.05) is 11.1 Å². The van der Waals surface area contributed by atoms with Crippen LogP contribution in [0, 0.1) is 12.7 Å². The summed E-state index contributed by atoms with van der Waals surface area (Å²) in [6.45, 7) is 1.95. The Morgan fingerprint density at radius 3 is 2.88 bits per heavy atom. The lowest BCUT2D eigenvalue weighted by Gasteiger charge is -2.09. The highest BCUT2D eigenvalue weighted by molar-refractivity contribution is 7.80. The van der Waals surface area contributed by atoms with Crippen LogP contribution in [0.15, 0.2) is 24.4 Å². The maximum absolute atomic E-state index is 13.6. The molecule has 0 aliphatic carbocycles. The van der Waals surface area contributed by atoms with E-state index in [1.54, 1.807) is 18.3 Å². The Hall–Kier alpha value is -1.53. The molecular weight excluding hydrogens is 257 g/mol. The van der Waals surface area contributed by atoms with Gasteiger partial charge in [0.1, 0.15) is 10.8 Å². The topological polar surface area (TPSA) is 50.9 Å². The lowest BCUT2D eigenvalue weighted by Crippen LogP contribution is -2.14. The highest BCUT2D eigenvalue weighted by atomic mass is 32.1. The highest BCUT2D eigenvalue weighted by Crippen LogP contribution is 2.25. The molecule has 0 aliphatic rings. The van der Waals surface area contributed by atoms with Crippen molar-refractivity contribution in [2.75, 3.05) is 5.32 Å². The van der Waals surface area contributed by atoms with Gasteiger partial charge in [0.15, 0.2) is 5.13 Å². The molecule has 1 aromatic heterocycles. The fourth-order valence-corrected chi connectivity index (χ4v) is 2.29. The van der Waals surface area contributed by atoms with E-state index in [1.807, 2.05) is 6.92 Å². The lowest BCUT2D eigenvalue weighted by molar-refractivity contribution is 0.626. The summed E-state index contributed by atoms with van der Waals surface area (Å²) < 4.78 is 13.6. The molecule has 6 heteroatoms. The van der Waals surface area contributed by atoms with Gasteiger partial charge in [0.25, 0.3) is 0 Å². The van der Waals surface area contributed by atoms with E-state index in [4.69, 9.17) is 18.0 Å². The zero-order chi connectivity index (χ0) is 12.4. The first-order valence-electron chi connectivity index (χ1n) is 4.85. The van der Waals surface area contributed by atoms with Crippen molar-refractivity contribution in [3.05, 3.63) is 40.7 Å². The number of thiazole rings is 1. The van der Waals surface area contributed by atoms with Gasteiger partial charge in [-0.1, -0.05) is 18.3 Å². The normalized spacial score (nSPS) is 10.2. The second-order valence-electron chi connectivity index (χ2n) is 3.43. The molecule has 0 amide bonds. The molecular formula is C11H10FN3S2. The summed E-state index contributed by atoms with van der Waals surface area (Å²) in [6, 6.07) is 4.64.